The minimum atomic E-state index is 0.0365. The molecule has 29 heavy (non-hydrogen) atoms. The SMILES string of the molecule is CCCO[C@H]1C[C@@H](C(=O)NCc2ccc3nc[nH]c3c2)CC[C@@H]1NC1CCCC1. The number of aromatic amines is 1. The highest BCUT2D eigenvalue weighted by Gasteiger charge is 2.35. The summed E-state index contributed by atoms with van der Waals surface area (Å²) in [7, 11) is 0. The molecule has 6 heteroatoms. The van der Waals surface area contributed by atoms with Gasteiger partial charge in [0.05, 0.1) is 23.5 Å². The molecule has 0 saturated heterocycles. The molecule has 1 amide bonds. The van der Waals surface area contributed by atoms with Crippen molar-refractivity contribution in [3.8, 4) is 0 Å². The fourth-order valence-electron chi connectivity index (χ4n) is 4.83. The van der Waals surface area contributed by atoms with Gasteiger partial charge in [-0.2, -0.15) is 0 Å². The van der Waals surface area contributed by atoms with Gasteiger partial charge < -0.3 is 20.4 Å². The summed E-state index contributed by atoms with van der Waals surface area (Å²) in [5, 5.41) is 6.98. The predicted molar refractivity (Wildman–Crippen MR) is 114 cm³/mol. The van der Waals surface area contributed by atoms with Gasteiger partial charge in [-0.1, -0.05) is 25.8 Å². The normalized spacial score (nSPS) is 25.5. The molecule has 2 aliphatic carbocycles. The fraction of sp³-hybridized carbons (Fsp3) is 0.652. The monoisotopic (exact) mass is 398 g/mol. The first-order chi connectivity index (χ1) is 14.2. The molecule has 2 saturated carbocycles. The van der Waals surface area contributed by atoms with Crippen molar-refractivity contribution in [3.05, 3.63) is 30.1 Å². The summed E-state index contributed by atoms with van der Waals surface area (Å²) in [5.74, 6) is 0.188. The first-order valence-corrected chi connectivity index (χ1v) is 11.3. The Balaban J connectivity index is 1.31. The number of carbonyl (C=O) groups excluding carboxylic acids is 1. The maximum absolute atomic E-state index is 12.8. The van der Waals surface area contributed by atoms with E-state index in [4.69, 9.17) is 4.74 Å². The van der Waals surface area contributed by atoms with Crippen molar-refractivity contribution in [1.82, 2.24) is 20.6 Å². The highest BCUT2D eigenvalue weighted by molar-refractivity contribution is 5.79. The quantitative estimate of drug-likeness (QED) is 0.634. The molecular weight excluding hydrogens is 364 g/mol. The second-order valence-corrected chi connectivity index (χ2v) is 8.65. The number of imidazole rings is 1. The first kappa shape index (κ1) is 20.4. The number of hydrogen-bond donors (Lipinski definition) is 3. The zero-order chi connectivity index (χ0) is 20.1. The van der Waals surface area contributed by atoms with Crippen LogP contribution in [0.1, 0.15) is 63.9 Å². The number of rotatable bonds is 8. The van der Waals surface area contributed by atoms with Gasteiger partial charge in [0, 0.05) is 31.2 Å². The number of carbonyl (C=O) groups is 1. The van der Waals surface area contributed by atoms with Crippen molar-refractivity contribution in [2.45, 2.75) is 83.0 Å². The van der Waals surface area contributed by atoms with Gasteiger partial charge in [0.25, 0.3) is 0 Å². The van der Waals surface area contributed by atoms with Crippen molar-refractivity contribution in [2.75, 3.05) is 6.61 Å². The number of nitrogens with zero attached hydrogens (tertiary/aromatic N) is 1. The molecule has 0 aliphatic heterocycles. The number of aromatic nitrogens is 2. The lowest BCUT2D eigenvalue weighted by Gasteiger charge is -2.37. The van der Waals surface area contributed by atoms with Gasteiger partial charge in [0.1, 0.15) is 0 Å². The Morgan fingerprint density at radius 3 is 2.93 bits per heavy atom. The molecule has 0 spiro atoms. The smallest absolute Gasteiger partial charge is 0.223 e. The minimum absolute atomic E-state index is 0.0365. The van der Waals surface area contributed by atoms with Crippen LogP contribution >= 0.6 is 0 Å². The average Bonchev–Trinajstić information content (AvgIpc) is 3.42. The van der Waals surface area contributed by atoms with Crippen LogP contribution in [0.3, 0.4) is 0 Å². The molecular formula is C23H34N4O2. The third-order valence-electron chi connectivity index (χ3n) is 6.45. The molecule has 0 bridgehead atoms. The highest BCUT2D eigenvalue weighted by Crippen LogP contribution is 2.29. The molecule has 2 aliphatic rings. The third kappa shape index (κ3) is 5.17. The summed E-state index contributed by atoms with van der Waals surface area (Å²) in [6.45, 7) is 3.46. The second-order valence-electron chi connectivity index (χ2n) is 8.65. The molecule has 0 unspecified atom stereocenters. The lowest BCUT2D eigenvalue weighted by molar-refractivity contribution is -0.128. The van der Waals surface area contributed by atoms with Crippen molar-refractivity contribution in [1.29, 1.82) is 0 Å². The highest BCUT2D eigenvalue weighted by atomic mass is 16.5. The van der Waals surface area contributed by atoms with Gasteiger partial charge in [-0.3, -0.25) is 4.79 Å². The number of nitrogens with one attached hydrogen (secondary N) is 3. The Morgan fingerprint density at radius 2 is 2.10 bits per heavy atom. The van der Waals surface area contributed by atoms with Crippen LogP contribution in [0.2, 0.25) is 0 Å². The van der Waals surface area contributed by atoms with Crippen LogP contribution < -0.4 is 10.6 Å². The minimum Gasteiger partial charge on any atom is -0.377 e. The molecule has 3 atom stereocenters. The Kier molecular flexibility index (Phi) is 6.82. The van der Waals surface area contributed by atoms with Crippen molar-refractivity contribution in [3.63, 3.8) is 0 Å². The topological polar surface area (TPSA) is 79.0 Å². The van der Waals surface area contributed by atoms with Gasteiger partial charge in [-0.05, 0) is 56.2 Å². The maximum Gasteiger partial charge on any atom is 0.223 e. The molecule has 1 aromatic carbocycles. The van der Waals surface area contributed by atoms with Crippen LogP contribution in [0.15, 0.2) is 24.5 Å². The van der Waals surface area contributed by atoms with E-state index in [-0.39, 0.29) is 17.9 Å². The van der Waals surface area contributed by atoms with Gasteiger partial charge in [-0.15, -0.1) is 0 Å². The van der Waals surface area contributed by atoms with Crippen LogP contribution in [-0.2, 0) is 16.1 Å². The van der Waals surface area contributed by atoms with E-state index in [9.17, 15) is 4.79 Å². The molecule has 3 N–H and O–H groups in total. The van der Waals surface area contributed by atoms with Crippen molar-refractivity contribution in [2.24, 2.45) is 5.92 Å². The summed E-state index contributed by atoms with van der Waals surface area (Å²) in [4.78, 5) is 20.2. The van der Waals surface area contributed by atoms with Crippen LogP contribution in [0.5, 0.6) is 0 Å². The van der Waals surface area contributed by atoms with Crippen molar-refractivity contribution < 1.29 is 9.53 Å². The molecule has 6 nitrogen and oxygen atoms in total. The van der Waals surface area contributed by atoms with E-state index in [0.717, 1.165) is 48.9 Å². The van der Waals surface area contributed by atoms with Crippen LogP contribution in [0, 0.1) is 5.92 Å². The van der Waals surface area contributed by atoms with E-state index in [1.165, 1.54) is 25.7 Å². The molecule has 2 aromatic rings. The Labute approximate surface area is 173 Å². The average molecular weight is 399 g/mol. The third-order valence-corrected chi connectivity index (χ3v) is 6.45. The van der Waals surface area contributed by atoms with Crippen LogP contribution in [0.4, 0.5) is 0 Å². The van der Waals surface area contributed by atoms with Crippen LogP contribution in [0.25, 0.3) is 11.0 Å². The zero-order valence-electron chi connectivity index (χ0n) is 17.5. The van der Waals surface area contributed by atoms with Gasteiger partial charge in [0.2, 0.25) is 5.91 Å². The van der Waals surface area contributed by atoms with Gasteiger partial charge in [-0.25, -0.2) is 4.98 Å². The summed E-state index contributed by atoms with van der Waals surface area (Å²) in [6.07, 6.45) is 10.8. The van der Waals surface area contributed by atoms with E-state index in [1.807, 2.05) is 12.1 Å². The van der Waals surface area contributed by atoms with Crippen molar-refractivity contribution >= 4 is 16.9 Å². The molecule has 158 valence electrons. The van der Waals surface area contributed by atoms with Gasteiger partial charge in [0.15, 0.2) is 0 Å². The number of amides is 1. The Hall–Kier alpha value is -1.92. The van der Waals surface area contributed by atoms with Crippen LogP contribution in [-0.4, -0.2) is 40.7 Å². The Bertz CT molecular complexity index is 799. The zero-order valence-corrected chi connectivity index (χ0v) is 17.5. The fourth-order valence-corrected chi connectivity index (χ4v) is 4.83. The largest absolute Gasteiger partial charge is 0.377 e. The number of benzene rings is 1. The standard InChI is InChI=1S/C23H34N4O2/c1-2-11-29-22-13-17(8-10-20(22)27-18-5-3-4-6-18)23(28)24-14-16-7-9-19-21(12-16)26-15-25-19/h7,9,12,15,17-18,20,22,27H,2-6,8,10-11,13-14H2,1H3,(H,24,28)(H,25,26)/t17-,20-,22-/m0/s1. The molecule has 1 aromatic heterocycles. The lowest BCUT2D eigenvalue weighted by atomic mass is 9.82. The van der Waals surface area contributed by atoms with E-state index in [1.54, 1.807) is 6.33 Å². The molecule has 1 heterocycles. The summed E-state index contributed by atoms with van der Waals surface area (Å²) in [6, 6.07) is 7.09. The molecule has 0 radical (unpaired) electrons. The lowest BCUT2D eigenvalue weighted by Crippen LogP contribution is -2.50. The van der Waals surface area contributed by atoms with E-state index < -0.39 is 0 Å². The van der Waals surface area contributed by atoms with Gasteiger partial charge >= 0.3 is 0 Å². The summed E-state index contributed by atoms with van der Waals surface area (Å²) < 4.78 is 6.18. The number of H-pyrrole nitrogens is 1. The van der Waals surface area contributed by atoms with E-state index in [2.05, 4.69) is 33.6 Å². The number of fused-ring (bicyclic) bond motifs is 1. The molecule has 2 fully saturated rings. The van der Waals surface area contributed by atoms with E-state index >= 15 is 0 Å². The predicted octanol–water partition coefficient (Wildman–Crippen LogP) is 3.68. The summed E-state index contributed by atoms with van der Waals surface area (Å²) >= 11 is 0. The second kappa shape index (κ2) is 9.72. The first-order valence-electron chi connectivity index (χ1n) is 11.3. The number of ether oxygens (including phenoxy) is 1. The molecule has 4 rings (SSSR count). The number of hydrogen-bond acceptors (Lipinski definition) is 4. The maximum atomic E-state index is 12.8. The Morgan fingerprint density at radius 1 is 1.24 bits per heavy atom. The van der Waals surface area contributed by atoms with E-state index in [0.29, 0.717) is 18.6 Å². The summed E-state index contributed by atoms with van der Waals surface area (Å²) in [5.41, 5.74) is 3.04.